The van der Waals surface area contributed by atoms with Crippen LogP contribution in [0.15, 0.2) is 174 Å². The van der Waals surface area contributed by atoms with Crippen molar-refractivity contribution in [3.05, 3.63) is 175 Å². The monoisotopic (exact) mass is 657 g/mol. The van der Waals surface area contributed by atoms with Crippen molar-refractivity contribution in [1.29, 1.82) is 0 Å². The second-order valence-electron chi connectivity index (χ2n) is 12.1. The highest BCUT2D eigenvalue weighted by Crippen LogP contribution is 2.35. The summed E-state index contributed by atoms with van der Waals surface area (Å²) < 4.78 is 6.18. The molecule has 0 bridgehead atoms. The van der Waals surface area contributed by atoms with E-state index in [1.54, 1.807) is 24.7 Å². The summed E-state index contributed by atoms with van der Waals surface area (Å²) in [7, 11) is 0. The molecule has 4 aromatic heterocycles. The molecule has 0 aliphatic carbocycles. The first-order valence-corrected chi connectivity index (χ1v) is 16.5. The molecule has 0 saturated carbocycles. The highest BCUT2D eigenvalue weighted by atomic mass is 16.3. The third-order valence-electron chi connectivity index (χ3n) is 8.95. The molecule has 51 heavy (non-hydrogen) atoms. The van der Waals surface area contributed by atoms with Gasteiger partial charge in [0.15, 0.2) is 17.5 Å². The molecular formula is C44H27N5O2. The number of nitrogens with zero attached hydrogens (tertiary/aromatic N) is 5. The van der Waals surface area contributed by atoms with E-state index in [9.17, 15) is 4.79 Å². The van der Waals surface area contributed by atoms with Crippen LogP contribution in [0.25, 0.3) is 89.5 Å². The number of para-hydroxylation sites is 1. The van der Waals surface area contributed by atoms with Crippen molar-refractivity contribution in [2.24, 2.45) is 0 Å². The van der Waals surface area contributed by atoms with E-state index in [4.69, 9.17) is 19.4 Å². The summed E-state index contributed by atoms with van der Waals surface area (Å²) in [4.78, 5) is 36.7. The van der Waals surface area contributed by atoms with Crippen molar-refractivity contribution in [3.8, 4) is 67.5 Å². The number of rotatable bonds is 6. The Morgan fingerprint density at radius 2 is 0.980 bits per heavy atom. The van der Waals surface area contributed by atoms with Crippen LogP contribution < -0.4 is 5.43 Å². The maximum atomic E-state index is 13.2. The number of pyridine rings is 2. The molecule has 7 heteroatoms. The fraction of sp³-hybridized carbons (Fsp3) is 0. The molecule has 0 fully saturated rings. The summed E-state index contributed by atoms with van der Waals surface area (Å²) in [6.07, 6.45) is 7.11. The Labute approximate surface area is 292 Å². The molecule has 0 amide bonds. The second-order valence-corrected chi connectivity index (χ2v) is 12.1. The third kappa shape index (κ3) is 5.72. The first-order valence-electron chi connectivity index (χ1n) is 16.5. The van der Waals surface area contributed by atoms with Gasteiger partial charge in [0, 0.05) is 41.5 Å². The lowest BCUT2D eigenvalue weighted by atomic mass is 9.95. The summed E-state index contributed by atoms with van der Waals surface area (Å²) in [6, 6.07) is 45.5. The normalized spacial score (nSPS) is 11.2. The van der Waals surface area contributed by atoms with Gasteiger partial charge in [-0.05, 0) is 81.9 Å². The van der Waals surface area contributed by atoms with E-state index in [0.29, 0.717) is 39.4 Å². The molecule has 5 aromatic carbocycles. The topological polar surface area (TPSA) is 94.7 Å². The maximum Gasteiger partial charge on any atom is 0.200 e. The van der Waals surface area contributed by atoms with Crippen LogP contribution in [-0.2, 0) is 0 Å². The van der Waals surface area contributed by atoms with Gasteiger partial charge in [-0.15, -0.1) is 0 Å². The Morgan fingerprint density at radius 3 is 1.76 bits per heavy atom. The molecule has 0 aliphatic heterocycles. The zero-order valence-corrected chi connectivity index (χ0v) is 27.1. The van der Waals surface area contributed by atoms with Crippen LogP contribution in [0.3, 0.4) is 0 Å². The van der Waals surface area contributed by atoms with Crippen molar-refractivity contribution in [2.75, 3.05) is 0 Å². The van der Waals surface area contributed by atoms with Gasteiger partial charge < -0.3 is 4.42 Å². The molecule has 7 nitrogen and oxygen atoms in total. The average Bonchev–Trinajstić information content (AvgIpc) is 3.21. The van der Waals surface area contributed by atoms with Crippen LogP contribution in [0.1, 0.15) is 0 Å². The Morgan fingerprint density at radius 1 is 0.392 bits per heavy atom. The van der Waals surface area contributed by atoms with Gasteiger partial charge in [0.25, 0.3) is 0 Å². The molecule has 0 spiro atoms. The van der Waals surface area contributed by atoms with Gasteiger partial charge in [0.2, 0.25) is 5.43 Å². The van der Waals surface area contributed by atoms with Crippen LogP contribution in [0.2, 0.25) is 0 Å². The minimum absolute atomic E-state index is 0.0344. The zero-order valence-electron chi connectivity index (χ0n) is 27.1. The van der Waals surface area contributed by atoms with Gasteiger partial charge in [-0.1, -0.05) is 91.0 Å². The largest absolute Gasteiger partial charge is 0.456 e. The molecule has 0 radical (unpaired) electrons. The predicted octanol–water partition coefficient (Wildman–Crippen LogP) is 9.92. The van der Waals surface area contributed by atoms with E-state index < -0.39 is 0 Å². The molecule has 240 valence electrons. The van der Waals surface area contributed by atoms with Crippen LogP contribution in [0, 0.1) is 0 Å². The number of hydrogen-bond acceptors (Lipinski definition) is 7. The van der Waals surface area contributed by atoms with E-state index in [0.717, 1.165) is 50.1 Å². The van der Waals surface area contributed by atoms with Crippen LogP contribution in [-0.4, -0.2) is 24.9 Å². The summed E-state index contributed by atoms with van der Waals surface area (Å²) in [5, 5.41) is 1.13. The van der Waals surface area contributed by atoms with Crippen molar-refractivity contribution >= 4 is 21.9 Å². The van der Waals surface area contributed by atoms with E-state index in [2.05, 4.69) is 46.4 Å². The van der Waals surface area contributed by atoms with E-state index in [-0.39, 0.29) is 5.43 Å². The van der Waals surface area contributed by atoms with Gasteiger partial charge in [-0.25, -0.2) is 15.0 Å². The minimum atomic E-state index is -0.0344. The predicted molar refractivity (Wildman–Crippen MR) is 202 cm³/mol. The number of fused-ring (bicyclic) bond motifs is 2. The highest BCUT2D eigenvalue weighted by Gasteiger charge is 2.17. The highest BCUT2D eigenvalue weighted by molar-refractivity contribution is 5.92. The fourth-order valence-corrected chi connectivity index (χ4v) is 6.37. The third-order valence-corrected chi connectivity index (χ3v) is 8.95. The Balaban J connectivity index is 1.14. The average molecular weight is 658 g/mol. The van der Waals surface area contributed by atoms with Crippen molar-refractivity contribution in [1.82, 2.24) is 24.9 Å². The van der Waals surface area contributed by atoms with Crippen LogP contribution in [0.4, 0.5) is 0 Å². The summed E-state index contributed by atoms with van der Waals surface area (Å²) in [6.45, 7) is 0. The van der Waals surface area contributed by atoms with Crippen molar-refractivity contribution in [2.45, 2.75) is 0 Å². The Kier molecular flexibility index (Phi) is 7.48. The van der Waals surface area contributed by atoms with E-state index in [1.807, 2.05) is 103 Å². The smallest absolute Gasteiger partial charge is 0.200 e. The van der Waals surface area contributed by atoms with Crippen LogP contribution >= 0.6 is 0 Å². The summed E-state index contributed by atoms with van der Waals surface area (Å²) >= 11 is 0. The minimum Gasteiger partial charge on any atom is -0.456 e. The van der Waals surface area contributed by atoms with E-state index in [1.165, 1.54) is 0 Å². The fourth-order valence-electron chi connectivity index (χ4n) is 6.37. The number of benzene rings is 5. The van der Waals surface area contributed by atoms with Crippen molar-refractivity contribution in [3.63, 3.8) is 0 Å². The van der Waals surface area contributed by atoms with Gasteiger partial charge in [0.05, 0.1) is 10.8 Å². The standard InChI is InChI=1S/C44H27N5O2/c50-41-37-14-3-4-15-39(37)51-40-25-31(20-21-38(40)41)30-8-5-9-32(24-30)35-12-1-2-13-36(35)44-48-42(47-43(49-44)34-11-7-23-46-27-34)29-18-16-28(17-19-29)33-10-6-22-45-26-33/h1-27H. The zero-order chi connectivity index (χ0) is 34.1. The van der Waals surface area contributed by atoms with Gasteiger partial charge in [-0.2, -0.15) is 0 Å². The molecular weight excluding hydrogens is 631 g/mol. The number of aromatic nitrogens is 5. The van der Waals surface area contributed by atoms with Gasteiger partial charge in [0.1, 0.15) is 11.2 Å². The molecule has 0 saturated heterocycles. The lowest BCUT2D eigenvalue weighted by Crippen LogP contribution is -2.01. The molecule has 0 unspecified atom stereocenters. The second kappa shape index (κ2) is 12.7. The molecule has 9 rings (SSSR count). The van der Waals surface area contributed by atoms with Gasteiger partial charge in [-0.3, -0.25) is 14.8 Å². The molecule has 0 N–H and O–H groups in total. The first kappa shape index (κ1) is 30.0. The number of hydrogen-bond donors (Lipinski definition) is 0. The Bertz CT molecular complexity index is 2760. The molecule has 0 aliphatic rings. The lowest BCUT2D eigenvalue weighted by molar-refractivity contribution is 0.660. The lowest BCUT2D eigenvalue weighted by Gasteiger charge is -2.13. The molecule has 9 aromatic rings. The molecule has 0 atom stereocenters. The van der Waals surface area contributed by atoms with Crippen molar-refractivity contribution < 1.29 is 4.42 Å². The maximum absolute atomic E-state index is 13.2. The SMILES string of the molecule is O=c1c2ccccc2oc2cc(-c3cccc(-c4ccccc4-c4nc(-c5ccc(-c6cccnc6)cc5)nc(-c5cccnc5)n4)c3)ccc12. The summed E-state index contributed by atoms with van der Waals surface area (Å²) in [5.74, 6) is 1.65. The quantitative estimate of drug-likeness (QED) is 0.164. The molecule has 4 heterocycles. The van der Waals surface area contributed by atoms with Crippen LogP contribution in [0.5, 0.6) is 0 Å². The Hall–Kier alpha value is -7.12. The van der Waals surface area contributed by atoms with Gasteiger partial charge >= 0.3 is 0 Å². The first-order chi connectivity index (χ1) is 25.2. The van der Waals surface area contributed by atoms with E-state index >= 15 is 0 Å². The summed E-state index contributed by atoms with van der Waals surface area (Å²) in [5.41, 5.74) is 9.61.